The molecule has 32 heavy (non-hydrogen) atoms. The molecule has 2 aromatic carbocycles. The molecule has 3 aliphatic rings. The van der Waals surface area contributed by atoms with Crippen LogP contribution in [-0.4, -0.2) is 43.2 Å². The fourth-order valence-electron chi connectivity index (χ4n) is 4.42. The van der Waals surface area contributed by atoms with Crippen molar-refractivity contribution >= 4 is 17.5 Å². The largest absolute Gasteiger partial charge is 0.493 e. The highest BCUT2D eigenvalue weighted by Gasteiger charge is 2.48. The summed E-state index contributed by atoms with van der Waals surface area (Å²) in [4.78, 5) is 25.1. The number of rotatable bonds is 3. The average Bonchev–Trinajstić information content (AvgIpc) is 2.76. The zero-order valence-electron chi connectivity index (χ0n) is 18.0. The number of methoxy groups -OCH3 is 2. The van der Waals surface area contributed by atoms with Gasteiger partial charge in [-0.25, -0.2) is 0 Å². The Hall–Kier alpha value is -3.75. The van der Waals surface area contributed by atoms with Crippen LogP contribution < -0.4 is 23.7 Å². The maximum Gasteiger partial charge on any atom is 0.287 e. The third-order valence-corrected chi connectivity index (χ3v) is 5.91. The summed E-state index contributed by atoms with van der Waals surface area (Å²) in [6, 6.07) is 4.61. The maximum absolute atomic E-state index is 13.7. The minimum atomic E-state index is -0.785. The van der Waals surface area contributed by atoms with Crippen LogP contribution in [0.25, 0.3) is 6.08 Å². The molecule has 0 aromatic heterocycles. The summed E-state index contributed by atoms with van der Waals surface area (Å²) in [6.07, 6.45) is 2.95. The number of carbonyl (C=O) groups excluding carboxylic acids is 1. The molecule has 2 atom stereocenters. The number of ketones is 1. The van der Waals surface area contributed by atoms with Crippen LogP contribution in [0.2, 0.25) is 0 Å². The summed E-state index contributed by atoms with van der Waals surface area (Å²) >= 11 is 0. The van der Waals surface area contributed by atoms with E-state index in [-0.39, 0.29) is 23.6 Å². The number of Topliss-reactive ketones (excluding diaryl/α,β-unsaturated/α-hetero) is 1. The summed E-state index contributed by atoms with van der Waals surface area (Å²) in [7, 11) is 3.00. The van der Waals surface area contributed by atoms with Gasteiger partial charge < -0.3 is 23.7 Å². The third-order valence-electron chi connectivity index (χ3n) is 5.91. The summed E-state index contributed by atoms with van der Waals surface area (Å²) in [5.41, 5.74) is -0.00420. The van der Waals surface area contributed by atoms with Crippen molar-refractivity contribution in [3.8, 4) is 28.7 Å². The highest BCUT2D eigenvalue weighted by molar-refractivity contribution is 6.09. The van der Waals surface area contributed by atoms with Crippen LogP contribution in [0.4, 0.5) is 5.69 Å². The summed E-state index contributed by atoms with van der Waals surface area (Å²) in [5, 5.41) is 11.9. The first-order valence-corrected chi connectivity index (χ1v) is 10.1. The van der Waals surface area contributed by atoms with Crippen LogP contribution in [0.3, 0.4) is 0 Å². The summed E-state index contributed by atoms with van der Waals surface area (Å²) in [6.45, 7) is 3.78. The van der Waals surface area contributed by atoms with Gasteiger partial charge in [0.15, 0.2) is 17.3 Å². The van der Waals surface area contributed by atoms with Gasteiger partial charge in [0.1, 0.15) is 41.1 Å². The molecule has 5 rings (SSSR count). The Labute approximate surface area is 183 Å². The number of hydrogen-bond acceptors (Lipinski definition) is 8. The molecule has 0 amide bonds. The Morgan fingerprint density at radius 1 is 1.12 bits per heavy atom. The average molecular weight is 439 g/mol. The predicted octanol–water partition coefficient (Wildman–Crippen LogP) is 3.92. The lowest BCUT2D eigenvalue weighted by atomic mass is 9.80. The Bertz CT molecular complexity index is 1200. The van der Waals surface area contributed by atoms with E-state index in [4.69, 9.17) is 23.7 Å². The van der Waals surface area contributed by atoms with Gasteiger partial charge >= 0.3 is 0 Å². The summed E-state index contributed by atoms with van der Waals surface area (Å²) in [5.74, 6) is 0.604. The second kappa shape index (κ2) is 6.88. The molecule has 166 valence electrons. The normalized spacial score (nSPS) is 21.6. The molecule has 0 saturated heterocycles. The second-order valence-electron chi connectivity index (χ2n) is 8.36. The number of nitrogens with zero attached hydrogens (tertiary/aromatic N) is 1. The van der Waals surface area contributed by atoms with Crippen molar-refractivity contribution in [3.63, 3.8) is 0 Å². The van der Waals surface area contributed by atoms with Crippen LogP contribution in [-0.2, 0) is 0 Å². The highest BCUT2D eigenvalue weighted by atomic mass is 16.6. The van der Waals surface area contributed by atoms with E-state index >= 15 is 0 Å². The van der Waals surface area contributed by atoms with Crippen molar-refractivity contribution in [3.05, 3.63) is 51.1 Å². The number of nitro groups is 1. The first-order chi connectivity index (χ1) is 15.2. The molecule has 3 heterocycles. The van der Waals surface area contributed by atoms with Gasteiger partial charge in [-0.3, -0.25) is 14.9 Å². The van der Waals surface area contributed by atoms with Gasteiger partial charge in [-0.15, -0.1) is 0 Å². The molecule has 0 bridgehead atoms. The van der Waals surface area contributed by atoms with Crippen LogP contribution >= 0.6 is 0 Å². The monoisotopic (exact) mass is 439 g/mol. The van der Waals surface area contributed by atoms with Crippen molar-refractivity contribution in [1.29, 1.82) is 0 Å². The van der Waals surface area contributed by atoms with E-state index < -0.39 is 28.3 Å². The first-order valence-electron chi connectivity index (χ1n) is 10.1. The molecule has 0 spiro atoms. The number of hydrogen-bond donors (Lipinski definition) is 0. The van der Waals surface area contributed by atoms with E-state index in [9.17, 15) is 14.9 Å². The quantitative estimate of drug-likeness (QED) is 0.523. The van der Waals surface area contributed by atoms with Gasteiger partial charge in [-0.1, -0.05) is 0 Å². The summed E-state index contributed by atoms with van der Waals surface area (Å²) < 4.78 is 28.7. The Morgan fingerprint density at radius 2 is 1.84 bits per heavy atom. The molecule has 9 heteroatoms. The lowest BCUT2D eigenvalue weighted by Crippen LogP contribution is -2.43. The molecule has 0 N–H and O–H groups in total. The van der Waals surface area contributed by atoms with Gasteiger partial charge in [-0.2, -0.15) is 0 Å². The lowest BCUT2D eigenvalue weighted by Gasteiger charge is -2.38. The molecule has 9 nitrogen and oxygen atoms in total. The van der Waals surface area contributed by atoms with E-state index in [1.54, 1.807) is 18.2 Å². The molecule has 0 radical (unpaired) electrons. The SMILES string of the molecule is COc1cc2c(cc1OC)[C@@H]1C(=O)c3c([N+](=O)[O-])cc4c(c3O[C@@H]1CO2)C=CC(C)(C)O4. The first kappa shape index (κ1) is 20.2. The molecule has 0 unspecified atom stereocenters. The number of ether oxygens (including phenoxy) is 5. The fourth-order valence-corrected chi connectivity index (χ4v) is 4.42. The molecule has 0 saturated carbocycles. The Balaban J connectivity index is 1.70. The standard InChI is InChI=1S/C23H21NO8/c1-23(2)6-5-11-15(32-23)8-13(24(26)27)20-21(25)19-12-7-16(28-3)17(29-4)9-14(12)30-10-18(19)31-22(11)20/h5-9,18-19H,10H2,1-4H3/t18-,19+/m1/s1. The van der Waals surface area contributed by atoms with Gasteiger partial charge in [-0.05, 0) is 32.1 Å². The van der Waals surface area contributed by atoms with E-state index in [0.717, 1.165) is 0 Å². The van der Waals surface area contributed by atoms with Crippen molar-refractivity contribution in [1.82, 2.24) is 0 Å². The molecule has 0 aliphatic carbocycles. The van der Waals surface area contributed by atoms with Crippen LogP contribution in [0.15, 0.2) is 24.3 Å². The van der Waals surface area contributed by atoms with Crippen LogP contribution in [0, 0.1) is 10.1 Å². The van der Waals surface area contributed by atoms with Gasteiger partial charge in [0, 0.05) is 11.6 Å². The number of fused-ring (bicyclic) bond motifs is 6. The minimum absolute atomic E-state index is 0.0643. The Morgan fingerprint density at radius 3 is 2.53 bits per heavy atom. The van der Waals surface area contributed by atoms with Gasteiger partial charge in [0.25, 0.3) is 5.69 Å². The number of benzene rings is 2. The predicted molar refractivity (Wildman–Crippen MR) is 113 cm³/mol. The lowest BCUT2D eigenvalue weighted by molar-refractivity contribution is -0.385. The van der Waals surface area contributed by atoms with Crippen LogP contribution in [0.1, 0.15) is 41.3 Å². The fraction of sp³-hybridized carbons (Fsp3) is 0.348. The maximum atomic E-state index is 13.7. The smallest absolute Gasteiger partial charge is 0.287 e. The number of carbonyl (C=O) groups is 1. The van der Waals surface area contributed by atoms with Gasteiger partial charge in [0.05, 0.1) is 36.7 Å². The van der Waals surface area contributed by atoms with E-state index in [1.165, 1.54) is 20.3 Å². The molecular formula is C23H21NO8. The topological polar surface area (TPSA) is 106 Å². The molecular weight excluding hydrogens is 418 g/mol. The highest BCUT2D eigenvalue weighted by Crippen LogP contribution is 2.52. The zero-order valence-corrected chi connectivity index (χ0v) is 18.0. The molecule has 2 aromatic rings. The second-order valence-corrected chi connectivity index (χ2v) is 8.36. The zero-order chi connectivity index (χ0) is 22.8. The third kappa shape index (κ3) is 2.88. The van der Waals surface area contributed by atoms with E-state index in [0.29, 0.717) is 34.1 Å². The minimum Gasteiger partial charge on any atom is -0.493 e. The van der Waals surface area contributed by atoms with Crippen LogP contribution in [0.5, 0.6) is 28.7 Å². The van der Waals surface area contributed by atoms with Crippen molar-refractivity contribution in [2.45, 2.75) is 31.5 Å². The van der Waals surface area contributed by atoms with Gasteiger partial charge in [0.2, 0.25) is 0 Å². The van der Waals surface area contributed by atoms with Crippen molar-refractivity contribution < 1.29 is 33.4 Å². The van der Waals surface area contributed by atoms with Crippen molar-refractivity contribution in [2.75, 3.05) is 20.8 Å². The number of nitro benzene ring substituents is 1. The Kier molecular flexibility index (Phi) is 4.34. The van der Waals surface area contributed by atoms with Crippen molar-refractivity contribution in [2.24, 2.45) is 0 Å². The van der Waals surface area contributed by atoms with E-state index in [2.05, 4.69) is 0 Å². The molecule has 0 fully saturated rings. The molecule has 3 aliphatic heterocycles. The van der Waals surface area contributed by atoms with E-state index in [1.807, 2.05) is 19.9 Å².